The summed E-state index contributed by atoms with van der Waals surface area (Å²) in [4.78, 5) is 0. The number of hydrogen-bond acceptors (Lipinski definition) is 2. The van der Waals surface area contributed by atoms with E-state index in [0.29, 0.717) is 12.5 Å². The molecule has 2 rings (SSSR count). The van der Waals surface area contributed by atoms with Crippen molar-refractivity contribution >= 4 is 0 Å². The second kappa shape index (κ2) is 7.84. The molecule has 0 atom stereocenters. The van der Waals surface area contributed by atoms with E-state index in [-0.39, 0.29) is 0 Å². The first-order chi connectivity index (χ1) is 10.1. The van der Waals surface area contributed by atoms with Crippen LogP contribution < -0.4 is 10.1 Å². The SMILES string of the molecule is Cc1ccc(OCc2ccccc2)c(CNCC(C)C)c1. The van der Waals surface area contributed by atoms with Gasteiger partial charge in [0.05, 0.1) is 0 Å². The van der Waals surface area contributed by atoms with Crippen molar-refractivity contribution in [2.24, 2.45) is 5.92 Å². The van der Waals surface area contributed by atoms with Gasteiger partial charge in [0.15, 0.2) is 0 Å². The minimum Gasteiger partial charge on any atom is -0.489 e. The van der Waals surface area contributed by atoms with Crippen molar-refractivity contribution < 1.29 is 4.74 Å². The number of hydrogen-bond donors (Lipinski definition) is 1. The lowest BCUT2D eigenvalue weighted by atomic mass is 10.1. The molecular weight excluding hydrogens is 258 g/mol. The molecular formula is C19H25NO. The maximum Gasteiger partial charge on any atom is 0.124 e. The second-order valence-electron chi connectivity index (χ2n) is 5.91. The molecule has 0 saturated heterocycles. The summed E-state index contributed by atoms with van der Waals surface area (Å²) in [5.74, 6) is 1.63. The molecule has 0 unspecified atom stereocenters. The summed E-state index contributed by atoms with van der Waals surface area (Å²) < 4.78 is 6.00. The molecule has 0 spiro atoms. The predicted molar refractivity (Wildman–Crippen MR) is 88.5 cm³/mol. The van der Waals surface area contributed by atoms with Crippen molar-refractivity contribution in [1.82, 2.24) is 5.32 Å². The Kier molecular flexibility index (Phi) is 5.82. The molecule has 1 N–H and O–H groups in total. The lowest BCUT2D eigenvalue weighted by Crippen LogP contribution is -2.19. The van der Waals surface area contributed by atoms with Crippen molar-refractivity contribution in [3.8, 4) is 5.75 Å². The molecule has 21 heavy (non-hydrogen) atoms. The molecule has 2 aromatic carbocycles. The highest BCUT2D eigenvalue weighted by Crippen LogP contribution is 2.21. The average molecular weight is 283 g/mol. The normalized spacial score (nSPS) is 10.9. The zero-order valence-electron chi connectivity index (χ0n) is 13.2. The highest BCUT2D eigenvalue weighted by molar-refractivity contribution is 5.37. The molecule has 0 radical (unpaired) electrons. The Labute approximate surface area is 128 Å². The van der Waals surface area contributed by atoms with Gasteiger partial charge in [-0.1, -0.05) is 61.9 Å². The highest BCUT2D eigenvalue weighted by Gasteiger charge is 2.05. The fourth-order valence-electron chi connectivity index (χ4n) is 2.22. The number of rotatable bonds is 7. The zero-order chi connectivity index (χ0) is 15.1. The van der Waals surface area contributed by atoms with Crippen molar-refractivity contribution in [2.45, 2.75) is 33.9 Å². The summed E-state index contributed by atoms with van der Waals surface area (Å²) in [5, 5.41) is 3.49. The molecule has 112 valence electrons. The Balaban J connectivity index is 2.00. The molecule has 2 nitrogen and oxygen atoms in total. The van der Waals surface area contributed by atoms with Gasteiger partial charge in [0.1, 0.15) is 12.4 Å². The lowest BCUT2D eigenvalue weighted by molar-refractivity contribution is 0.302. The molecule has 0 saturated carbocycles. The minimum absolute atomic E-state index is 0.612. The van der Waals surface area contributed by atoms with Gasteiger partial charge in [0.2, 0.25) is 0 Å². The Hall–Kier alpha value is -1.80. The quantitative estimate of drug-likeness (QED) is 0.817. The fraction of sp³-hybridized carbons (Fsp3) is 0.368. The van der Waals surface area contributed by atoms with E-state index in [1.807, 2.05) is 18.2 Å². The van der Waals surface area contributed by atoms with Crippen molar-refractivity contribution in [2.75, 3.05) is 6.54 Å². The summed E-state index contributed by atoms with van der Waals surface area (Å²) in [5.41, 5.74) is 3.69. The Morgan fingerprint density at radius 1 is 1.05 bits per heavy atom. The summed E-state index contributed by atoms with van der Waals surface area (Å²) in [6.45, 7) is 9.04. The van der Waals surface area contributed by atoms with E-state index in [2.05, 4.69) is 56.4 Å². The third-order valence-corrected chi connectivity index (χ3v) is 3.32. The lowest BCUT2D eigenvalue weighted by Gasteiger charge is -2.14. The van der Waals surface area contributed by atoms with Crippen LogP contribution in [0.1, 0.15) is 30.5 Å². The van der Waals surface area contributed by atoms with Gasteiger partial charge in [-0.05, 0) is 31.0 Å². The number of nitrogens with one attached hydrogen (secondary N) is 1. The first-order valence-corrected chi connectivity index (χ1v) is 7.62. The molecule has 0 fully saturated rings. The Bertz CT molecular complexity index is 549. The van der Waals surface area contributed by atoms with Crippen LogP contribution in [0.5, 0.6) is 5.75 Å². The van der Waals surface area contributed by atoms with Gasteiger partial charge in [-0.2, -0.15) is 0 Å². The van der Waals surface area contributed by atoms with Crippen LogP contribution >= 0.6 is 0 Å². The summed E-state index contributed by atoms with van der Waals surface area (Å²) in [6.07, 6.45) is 0. The average Bonchev–Trinajstić information content (AvgIpc) is 2.47. The van der Waals surface area contributed by atoms with E-state index >= 15 is 0 Å². The van der Waals surface area contributed by atoms with Crippen LogP contribution in [0.15, 0.2) is 48.5 Å². The van der Waals surface area contributed by atoms with Gasteiger partial charge in [-0.3, -0.25) is 0 Å². The van der Waals surface area contributed by atoms with Gasteiger partial charge in [0, 0.05) is 12.1 Å². The number of benzene rings is 2. The van der Waals surface area contributed by atoms with Crippen molar-refractivity contribution in [1.29, 1.82) is 0 Å². The Morgan fingerprint density at radius 3 is 2.52 bits per heavy atom. The fourth-order valence-corrected chi connectivity index (χ4v) is 2.22. The molecule has 0 aromatic heterocycles. The first kappa shape index (κ1) is 15.6. The van der Waals surface area contributed by atoms with Crippen LogP contribution in [-0.4, -0.2) is 6.54 Å². The van der Waals surface area contributed by atoms with Crippen molar-refractivity contribution in [3.05, 3.63) is 65.2 Å². The van der Waals surface area contributed by atoms with Gasteiger partial charge in [-0.15, -0.1) is 0 Å². The van der Waals surface area contributed by atoms with Crippen LogP contribution in [0, 0.1) is 12.8 Å². The zero-order valence-corrected chi connectivity index (χ0v) is 13.2. The van der Waals surface area contributed by atoms with Crippen molar-refractivity contribution in [3.63, 3.8) is 0 Å². The van der Waals surface area contributed by atoms with Crippen LogP contribution in [0.25, 0.3) is 0 Å². The van der Waals surface area contributed by atoms with Crippen LogP contribution in [0.3, 0.4) is 0 Å². The summed E-state index contributed by atoms with van der Waals surface area (Å²) >= 11 is 0. The number of aryl methyl sites for hydroxylation is 1. The molecule has 0 amide bonds. The number of ether oxygens (including phenoxy) is 1. The topological polar surface area (TPSA) is 21.3 Å². The van der Waals surface area contributed by atoms with Crippen LogP contribution in [0.2, 0.25) is 0 Å². The standard InChI is InChI=1S/C19H25NO/c1-15(2)12-20-13-18-11-16(3)9-10-19(18)21-14-17-7-5-4-6-8-17/h4-11,15,20H,12-14H2,1-3H3. The predicted octanol–water partition coefficient (Wildman–Crippen LogP) is 4.32. The summed E-state index contributed by atoms with van der Waals surface area (Å²) in [6, 6.07) is 16.7. The molecule has 0 heterocycles. The third kappa shape index (κ3) is 5.24. The van der Waals surface area contributed by atoms with E-state index in [0.717, 1.165) is 18.8 Å². The monoisotopic (exact) mass is 283 g/mol. The molecule has 0 aliphatic rings. The molecule has 0 aliphatic carbocycles. The van der Waals surface area contributed by atoms with Crippen LogP contribution in [-0.2, 0) is 13.2 Å². The van der Waals surface area contributed by atoms with Crippen LogP contribution in [0.4, 0.5) is 0 Å². The first-order valence-electron chi connectivity index (χ1n) is 7.62. The molecule has 2 aromatic rings. The maximum atomic E-state index is 6.00. The van der Waals surface area contributed by atoms with E-state index in [1.54, 1.807) is 0 Å². The largest absolute Gasteiger partial charge is 0.489 e. The third-order valence-electron chi connectivity index (χ3n) is 3.32. The van der Waals surface area contributed by atoms with E-state index in [1.165, 1.54) is 16.7 Å². The van der Waals surface area contributed by atoms with Gasteiger partial charge in [0.25, 0.3) is 0 Å². The van der Waals surface area contributed by atoms with E-state index in [9.17, 15) is 0 Å². The molecule has 0 bridgehead atoms. The molecule has 0 aliphatic heterocycles. The maximum absolute atomic E-state index is 6.00. The van der Waals surface area contributed by atoms with Gasteiger partial charge in [-0.25, -0.2) is 0 Å². The smallest absolute Gasteiger partial charge is 0.124 e. The minimum atomic E-state index is 0.612. The summed E-state index contributed by atoms with van der Waals surface area (Å²) in [7, 11) is 0. The Morgan fingerprint density at radius 2 is 1.81 bits per heavy atom. The highest BCUT2D eigenvalue weighted by atomic mass is 16.5. The molecule has 2 heteroatoms. The van der Waals surface area contributed by atoms with Gasteiger partial charge >= 0.3 is 0 Å². The van der Waals surface area contributed by atoms with E-state index in [4.69, 9.17) is 4.74 Å². The van der Waals surface area contributed by atoms with Gasteiger partial charge < -0.3 is 10.1 Å². The van der Waals surface area contributed by atoms with E-state index < -0.39 is 0 Å². The second-order valence-corrected chi connectivity index (χ2v) is 5.91.